The number of hydrogen-bond acceptors (Lipinski definition) is 7. The van der Waals surface area contributed by atoms with Gasteiger partial charge in [-0.15, -0.1) is 11.8 Å². The van der Waals surface area contributed by atoms with Gasteiger partial charge in [-0.1, -0.05) is 28.9 Å². The Balaban J connectivity index is 1.40. The van der Waals surface area contributed by atoms with Crippen molar-refractivity contribution >= 4 is 35.2 Å². The molecule has 2 saturated heterocycles. The van der Waals surface area contributed by atoms with Gasteiger partial charge in [0, 0.05) is 22.8 Å². The van der Waals surface area contributed by atoms with Crippen LogP contribution in [-0.2, 0) is 20.9 Å². The number of amides is 1. The fraction of sp³-hybridized carbons (Fsp3) is 0.412. The molecular weight excluding hydrogens is 378 g/mol. The van der Waals surface area contributed by atoms with Gasteiger partial charge in [0.1, 0.15) is 6.04 Å². The molecule has 9 heteroatoms. The molecule has 1 aromatic carbocycles. The first kappa shape index (κ1) is 17.4. The molecule has 2 aliphatic heterocycles. The summed E-state index contributed by atoms with van der Waals surface area (Å²) in [5, 5.41) is 4.44. The Bertz CT molecular complexity index is 873. The summed E-state index contributed by atoms with van der Waals surface area (Å²) in [6.07, 6.45) is 1.23. The van der Waals surface area contributed by atoms with Gasteiger partial charge in [0.05, 0.1) is 4.87 Å². The van der Waals surface area contributed by atoms with Gasteiger partial charge in [-0.2, -0.15) is 4.98 Å². The third kappa shape index (κ3) is 3.07. The topological polar surface area (TPSA) is 85.5 Å². The Kier molecular flexibility index (Phi) is 4.40. The lowest BCUT2D eigenvalue weighted by atomic mass is 10.2. The lowest BCUT2D eigenvalue weighted by Gasteiger charge is -2.29. The van der Waals surface area contributed by atoms with Crippen LogP contribution >= 0.6 is 23.4 Å². The van der Waals surface area contributed by atoms with Crippen molar-refractivity contribution in [3.8, 4) is 11.4 Å². The van der Waals surface area contributed by atoms with E-state index in [4.69, 9.17) is 20.9 Å². The maximum absolute atomic E-state index is 12.4. The third-order valence-corrected chi connectivity index (χ3v) is 6.35. The minimum absolute atomic E-state index is 0.000447. The molecule has 0 bridgehead atoms. The van der Waals surface area contributed by atoms with Crippen molar-refractivity contribution < 1.29 is 18.8 Å². The van der Waals surface area contributed by atoms with E-state index in [9.17, 15) is 9.59 Å². The lowest BCUT2D eigenvalue weighted by Crippen LogP contribution is -2.46. The Morgan fingerprint density at radius 3 is 3.19 bits per heavy atom. The van der Waals surface area contributed by atoms with E-state index in [0.717, 1.165) is 6.42 Å². The van der Waals surface area contributed by atoms with E-state index >= 15 is 0 Å². The summed E-state index contributed by atoms with van der Waals surface area (Å²) in [7, 11) is 0. The Morgan fingerprint density at radius 2 is 2.38 bits per heavy atom. The van der Waals surface area contributed by atoms with Gasteiger partial charge in [0.15, 0.2) is 6.61 Å². The van der Waals surface area contributed by atoms with Gasteiger partial charge in [-0.05, 0) is 25.5 Å². The van der Waals surface area contributed by atoms with E-state index in [-0.39, 0.29) is 23.3 Å². The van der Waals surface area contributed by atoms with Crippen LogP contribution in [0.1, 0.15) is 25.7 Å². The first-order valence-corrected chi connectivity index (χ1v) is 9.54. The summed E-state index contributed by atoms with van der Waals surface area (Å²) in [6, 6.07) is 6.51. The average Bonchev–Trinajstić information content (AvgIpc) is 3.29. The Morgan fingerprint density at radius 1 is 1.54 bits per heavy atom. The van der Waals surface area contributed by atoms with Gasteiger partial charge < -0.3 is 14.2 Å². The molecule has 0 radical (unpaired) electrons. The second-order valence-electron chi connectivity index (χ2n) is 6.40. The summed E-state index contributed by atoms with van der Waals surface area (Å²) < 4.78 is 10.5. The van der Waals surface area contributed by atoms with Crippen LogP contribution in [0.4, 0.5) is 0 Å². The van der Waals surface area contributed by atoms with Crippen LogP contribution in [0.2, 0.25) is 5.02 Å². The summed E-state index contributed by atoms with van der Waals surface area (Å²) in [5.74, 6) is 0.657. The van der Waals surface area contributed by atoms with Crippen LogP contribution in [-0.4, -0.2) is 43.6 Å². The number of halogens is 1. The number of carbonyl (C=O) groups excluding carboxylic acids is 2. The molecule has 0 spiro atoms. The predicted molar refractivity (Wildman–Crippen MR) is 95.3 cm³/mol. The maximum Gasteiger partial charge on any atom is 0.330 e. The number of hydrogen-bond donors (Lipinski definition) is 0. The minimum Gasteiger partial charge on any atom is -0.454 e. The lowest BCUT2D eigenvalue weighted by molar-refractivity contribution is -0.155. The first-order chi connectivity index (χ1) is 12.5. The summed E-state index contributed by atoms with van der Waals surface area (Å²) in [4.78, 5) is 30.1. The molecule has 2 aliphatic rings. The number of benzene rings is 1. The van der Waals surface area contributed by atoms with Crippen LogP contribution < -0.4 is 0 Å². The summed E-state index contributed by atoms with van der Waals surface area (Å²) in [5.41, 5.74) is 0.712. The van der Waals surface area contributed by atoms with E-state index in [2.05, 4.69) is 10.1 Å². The quantitative estimate of drug-likeness (QED) is 0.738. The molecule has 1 amide bonds. The molecule has 0 N–H and O–H groups in total. The Hall–Kier alpha value is -2.06. The normalized spacial score (nSPS) is 24.8. The molecule has 136 valence electrons. The second kappa shape index (κ2) is 6.59. The largest absolute Gasteiger partial charge is 0.454 e. The van der Waals surface area contributed by atoms with Crippen LogP contribution in [0.25, 0.3) is 11.4 Å². The highest BCUT2D eigenvalue weighted by molar-refractivity contribution is 8.01. The maximum atomic E-state index is 12.4. The van der Waals surface area contributed by atoms with E-state index < -0.39 is 12.0 Å². The van der Waals surface area contributed by atoms with Crippen molar-refractivity contribution in [2.75, 3.05) is 5.75 Å². The highest BCUT2D eigenvalue weighted by atomic mass is 35.5. The molecule has 2 fully saturated rings. The zero-order valence-electron chi connectivity index (χ0n) is 14.0. The number of ether oxygens (including phenoxy) is 1. The predicted octanol–water partition coefficient (Wildman–Crippen LogP) is 2.89. The van der Waals surface area contributed by atoms with Crippen molar-refractivity contribution in [1.82, 2.24) is 15.0 Å². The molecule has 0 unspecified atom stereocenters. The van der Waals surface area contributed by atoms with E-state index in [1.807, 2.05) is 13.0 Å². The number of thioether (sulfide) groups is 1. The van der Waals surface area contributed by atoms with Gasteiger partial charge in [0.25, 0.3) is 5.89 Å². The average molecular weight is 394 g/mol. The molecule has 3 heterocycles. The number of aromatic nitrogens is 2. The third-order valence-electron chi connectivity index (χ3n) is 4.61. The molecule has 1 aromatic heterocycles. The monoisotopic (exact) mass is 393 g/mol. The number of nitrogens with zero attached hydrogens (tertiary/aromatic N) is 3. The fourth-order valence-electron chi connectivity index (χ4n) is 3.28. The summed E-state index contributed by atoms with van der Waals surface area (Å²) in [6.45, 7) is 1.86. The fourth-order valence-corrected chi connectivity index (χ4v) is 4.89. The van der Waals surface area contributed by atoms with E-state index in [0.29, 0.717) is 28.6 Å². The molecule has 2 aromatic rings. The zero-order valence-corrected chi connectivity index (χ0v) is 15.5. The van der Waals surface area contributed by atoms with Gasteiger partial charge in [-0.3, -0.25) is 4.79 Å². The molecular formula is C17H16ClN3O4S. The minimum atomic E-state index is -0.560. The SMILES string of the molecule is C[C@@]12CCC(=O)N1[C@@H](C(=O)OCc1nc(-c3cccc(Cl)c3)no1)CS2. The number of carbonyl (C=O) groups is 2. The van der Waals surface area contributed by atoms with Crippen molar-refractivity contribution in [3.63, 3.8) is 0 Å². The number of esters is 1. The van der Waals surface area contributed by atoms with Gasteiger partial charge in [-0.25, -0.2) is 4.79 Å². The Labute approximate surface area is 159 Å². The van der Waals surface area contributed by atoms with Crippen molar-refractivity contribution in [2.24, 2.45) is 0 Å². The van der Waals surface area contributed by atoms with Crippen LogP contribution in [0.3, 0.4) is 0 Å². The van der Waals surface area contributed by atoms with Crippen LogP contribution in [0.5, 0.6) is 0 Å². The molecule has 26 heavy (non-hydrogen) atoms. The van der Waals surface area contributed by atoms with E-state index in [1.54, 1.807) is 34.9 Å². The molecule has 4 rings (SSSR count). The highest BCUT2D eigenvalue weighted by Gasteiger charge is 2.53. The van der Waals surface area contributed by atoms with Crippen molar-refractivity contribution in [3.05, 3.63) is 35.2 Å². The number of fused-ring (bicyclic) bond motifs is 1. The molecule has 2 atom stereocenters. The molecule has 0 aliphatic carbocycles. The highest BCUT2D eigenvalue weighted by Crippen LogP contribution is 2.47. The van der Waals surface area contributed by atoms with Crippen molar-refractivity contribution in [1.29, 1.82) is 0 Å². The van der Waals surface area contributed by atoms with Gasteiger partial charge in [0.2, 0.25) is 11.7 Å². The van der Waals surface area contributed by atoms with Crippen molar-refractivity contribution in [2.45, 2.75) is 37.3 Å². The molecule has 0 saturated carbocycles. The number of rotatable bonds is 4. The first-order valence-electron chi connectivity index (χ1n) is 8.17. The summed E-state index contributed by atoms with van der Waals surface area (Å²) >= 11 is 7.57. The smallest absolute Gasteiger partial charge is 0.330 e. The standard InChI is InChI=1S/C17H16ClN3O4S/c1-17-6-5-14(22)21(17)12(9-26-17)16(23)24-8-13-19-15(20-25-13)10-3-2-4-11(18)7-10/h2-4,7,12H,5-6,8-9H2,1H3/t12-,17-/m1/s1. The second-order valence-corrected chi connectivity index (χ2v) is 8.33. The van der Waals surface area contributed by atoms with Crippen LogP contribution in [0.15, 0.2) is 28.8 Å². The van der Waals surface area contributed by atoms with Crippen LogP contribution in [0, 0.1) is 0 Å². The van der Waals surface area contributed by atoms with E-state index in [1.165, 1.54) is 0 Å². The zero-order chi connectivity index (χ0) is 18.3. The van der Waals surface area contributed by atoms with Gasteiger partial charge >= 0.3 is 5.97 Å². The molecule has 7 nitrogen and oxygen atoms in total.